The molecule has 1 saturated carbocycles. The van der Waals surface area contributed by atoms with Crippen molar-refractivity contribution in [2.24, 2.45) is 11.7 Å². The summed E-state index contributed by atoms with van der Waals surface area (Å²) in [7, 11) is 1.52. The summed E-state index contributed by atoms with van der Waals surface area (Å²) in [5.74, 6) is 0.775. The molecule has 1 aliphatic rings. The number of amides is 1. The lowest BCUT2D eigenvalue weighted by atomic mass is 9.86. The number of pyridine rings is 1. The van der Waals surface area contributed by atoms with Crippen molar-refractivity contribution in [1.29, 1.82) is 0 Å². The Hall–Kier alpha value is -1.62. The van der Waals surface area contributed by atoms with Gasteiger partial charge in [-0.3, -0.25) is 4.79 Å². The highest BCUT2D eigenvalue weighted by Gasteiger charge is 2.20. The zero-order chi connectivity index (χ0) is 13.7. The maximum atomic E-state index is 12.1. The van der Waals surface area contributed by atoms with E-state index in [0.29, 0.717) is 29.9 Å². The molecule has 0 aromatic carbocycles. The van der Waals surface area contributed by atoms with Crippen LogP contribution in [0.15, 0.2) is 18.3 Å². The molecule has 1 fully saturated rings. The summed E-state index contributed by atoms with van der Waals surface area (Å²) in [6, 6.07) is 3.79. The van der Waals surface area contributed by atoms with Gasteiger partial charge >= 0.3 is 0 Å². The number of carbonyl (C=O) groups is 1. The van der Waals surface area contributed by atoms with Crippen molar-refractivity contribution in [3.63, 3.8) is 0 Å². The van der Waals surface area contributed by atoms with E-state index in [1.165, 1.54) is 7.11 Å². The smallest absolute Gasteiger partial charge is 0.256 e. The molecule has 1 aromatic heterocycles. The fourth-order valence-corrected chi connectivity index (χ4v) is 2.45. The highest BCUT2D eigenvalue weighted by molar-refractivity contribution is 5.96. The molecule has 1 aromatic rings. The maximum Gasteiger partial charge on any atom is 0.256 e. The predicted molar refractivity (Wildman–Crippen MR) is 73.1 cm³/mol. The van der Waals surface area contributed by atoms with Crippen molar-refractivity contribution in [3.05, 3.63) is 23.9 Å². The molecule has 5 heteroatoms. The first kappa shape index (κ1) is 13.8. The number of ether oxygens (including phenoxy) is 1. The standard InChI is InChI=1S/C14H21N3O2/c1-19-14-12(3-2-8-16-14)13(18)17-9-10-4-6-11(15)7-5-10/h2-3,8,10-11H,4-7,9,15H2,1H3,(H,17,18). The molecule has 1 heterocycles. The molecule has 0 spiro atoms. The van der Waals surface area contributed by atoms with Crippen LogP contribution in [0.25, 0.3) is 0 Å². The van der Waals surface area contributed by atoms with Gasteiger partial charge in [-0.05, 0) is 43.7 Å². The largest absolute Gasteiger partial charge is 0.480 e. The summed E-state index contributed by atoms with van der Waals surface area (Å²) < 4.78 is 5.08. The third kappa shape index (κ3) is 3.67. The molecule has 0 atom stereocenters. The van der Waals surface area contributed by atoms with E-state index in [1.54, 1.807) is 18.3 Å². The van der Waals surface area contributed by atoms with E-state index in [9.17, 15) is 4.79 Å². The van der Waals surface area contributed by atoms with Gasteiger partial charge in [0.2, 0.25) is 5.88 Å². The number of nitrogens with zero attached hydrogens (tertiary/aromatic N) is 1. The van der Waals surface area contributed by atoms with Crippen LogP contribution < -0.4 is 15.8 Å². The van der Waals surface area contributed by atoms with Crippen LogP contribution in [0.1, 0.15) is 36.0 Å². The first-order valence-electron chi connectivity index (χ1n) is 6.73. The third-order valence-corrected chi connectivity index (χ3v) is 3.65. The first-order chi connectivity index (χ1) is 9.20. The number of aromatic nitrogens is 1. The number of methoxy groups -OCH3 is 1. The number of nitrogens with two attached hydrogens (primary N) is 1. The Bertz CT molecular complexity index is 428. The lowest BCUT2D eigenvalue weighted by molar-refractivity contribution is 0.0939. The molecular weight excluding hydrogens is 242 g/mol. The lowest BCUT2D eigenvalue weighted by Crippen LogP contribution is -2.34. The van der Waals surface area contributed by atoms with Gasteiger partial charge in [0.05, 0.1) is 7.11 Å². The highest BCUT2D eigenvalue weighted by Crippen LogP contribution is 2.22. The molecule has 2 rings (SSSR count). The Morgan fingerprint density at radius 2 is 2.21 bits per heavy atom. The van der Waals surface area contributed by atoms with Gasteiger partial charge in [0.1, 0.15) is 5.56 Å². The molecule has 0 radical (unpaired) electrons. The molecule has 1 aliphatic carbocycles. The molecule has 1 amide bonds. The molecule has 104 valence electrons. The van der Waals surface area contributed by atoms with Crippen molar-refractivity contribution in [1.82, 2.24) is 10.3 Å². The van der Waals surface area contributed by atoms with Crippen LogP contribution in [0, 0.1) is 5.92 Å². The van der Waals surface area contributed by atoms with Crippen molar-refractivity contribution < 1.29 is 9.53 Å². The van der Waals surface area contributed by atoms with Gasteiger partial charge in [0.15, 0.2) is 0 Å². The van der Waals surface area contributed by atoms with E-state index in [-0.39, 0.29) is 5.91 Å². The van der Waals surface area contributed by atoms with Crippen molar-refractivity contribution in [2.75, 3.05) is 13.7 Å². The Morgan fingerprint density at radius 1 is 1.47 bits per heavy atom. The normalized spacial score (nSPS) is 22.8. The molecule has 0 aliphatic heterocycles. The Labute approximate surface area is 113 Å². The van der Waals surface area contributed by atoms with Gasteiger partial charge in [-0.2, -0.15) is 0 Å². The lowest BCUT2D eigenvalue weighted by Gasteiger charge is -2.26. The van der Waals surface area contributed by atoms with E-state index in [1.807, 2.05) is 0 Å². The number of hydrogen-bond donors (Lipinski definition) is 2. The van der Waals surface area contributed by atoms with Gasteiger partial charge in [-0.15, -0.1) is 0 Å². The average Bonchev–Trinajstić information content (AvgIpc) is 2.46. The molecule has 0 saturated heterocycles. The van der Waals surface area contributed by atoms with Crippen LogP contribution in [-0.2, 0) is 0 Å². The minimum absolute atomic E-state index is 0.125. The number of hydrogen-bond acceptors (Lipinski definition) is 4. The van der Waals surface area contributed by atoms with Crippen molar-refractivity contribution in [3.8, 4) is 5.88 Å². The average molecular weight is 263 g/mol. The summed E-state index contributed by atoms with van der Waals surface area (Å²) in [4.78, 5) is 16.1. The molecule has 0 bridgehead atoms. The Balaban J connectivity index is 1.87. The van der Waals surface area contributed by atoms with Crippen LogP contribution in [0.3, 0.4) is 0 Å². The zero-order valence-electron chi connectivity index (χ0n) is 11.3. The van der Waals surface area contributed by atoms with Crippen LogP contribution in [-0.4, -0.2) is 30.6 Å². The molecule has 0 unspecified atom stereocenters. The second-order valence-electron chi connectivity index (χ2n) is 5.05. The summed E-state index contributed by atoms with van der Waals surface area (Å²) in [6.07, 6.45) is 5.89. The monoisotopic (exact) mass is 263 g/mol. The molecular formula is C14H21N3O2. The van der Waals surface area contributed by atoms with Crippen molar-refractivity contribution in [2.45, 2.75) is 31.7 Å². The van der Waals surface area contributed by atoms with Gasteiger partial charge in [0, 0.05) is 18.8 Å². The second-order valence-corrected chi connectivity index (χ2v) is 5.05. The summed E-state index contributed by atoms with van der Waals surface area (Å²) in [6.45, 7) is 0.698. The van der Waals surface area contributed by atoms with Gasteiger partial charge in [-0.1, -0.05) is 0 Å². The topological polar surface area (TPSA) is 77.2 Å². The van der Waals surface area contributed by atoms with E-state index < -0.39 is 0 Å². The SMILES string of the molecule is COc1ncccc1C(=O)NCC1CCC(N)CC1. The minimum atomic E-state index is -0.125. The minimum Gasteiger partial charge on any atom is -0.480 e. The fraction of sp³-hybridized carbons (Fsp3) is 0.571. The van der Waals surface area contributed by atoms with E-state index >= 15 is 0 Å². The number of rotatable bonds is 4. The van der Waals surface area contributed by atoms with Gasteiger partial charge in [0.25, 0.3) is 5.91 Å². The molecule has 19 heavy (non-hydrogen) atoms. The first-order valence-corrected chi connectivity index (χ1v) is 6.73. The zero-order valence-corrected chi connectivity index (χ0v) is 11.3. The van der Waals surface area contributed by atoms with Crippen LogP contribution in [0.2, 0.25) is 0 Å². The third-order valence-electron chi connectivity index (χ3n) is 3.65. The summed E-state index contributed by atoms with van der Waals surface area (Å²) in [5.41, 5.74) is 6.35. The van der Waals surface area contributed by atoms with Crippen molar-refractivity contribution >= 4 is 5.91 Å². The highest BCUT2D eigenvalue weighted by atomic mass is 16.5. The van der Waals surface area contributed by atoms with Crippen LogP contribution >= 0.6 is 0 Å². The maximum absolute atomic E-state index is 12.1. The summed E-state index contributed by atoms with van der Waals surface area (Å²) in [5, 5.41) is 2.96. The molecule has 5 nitrogen and oxygen atoms in total. The second kappa shape index (κ2) is 6.52. The quantitative estimate of drug-likeness (QED) is 0.859. The fourth-order valence-electron chi connectivity index (χ4n) is 2.45. The van der Waals surface area contributed by atoms with E-state index in [0.717, 1.165) is 25.7 Å². The van der Waals surface area contributed by atoms with Crippen LogP contribution in [0.5, 0.6) is 5.88 Å². The van der Waals surface area contributed by atoms with E-state index in [2.05, 4.69) is 10.3 Å². The number of nitrogens with one attached hydrogen (secondary N) is 1. The molecule has 3 N–H and O–H groups in total. The van der Waals surface area contributed by atoms with E-state index in [4.69, 9.17) is 10.5 Å². The number of carbonyl (C=O) groups excluding carboxylic acids is 1. The Kier molecular flexibility index (Phi) is 4.74. The van der Waals surface area contributed by atoms with Crippen LogP contribution in [0.4, 0.5) is 0 Å². The van der Waals surface area contributed by atoms with Gasteiger partial charge < -0.3 is 15.8 Å². The predicted octanol–water partition coefficient (Wildman–Crippen LogP) is 1.34. The van der Waals surface area contributed by atoms with Gasteiger partial charge in [-0.25, -0.2) is 4.98 Å². The summed E-state index contributed by atoms with van der Waals surface area (Å²) >= 11 is 0. The Morgan fingerprint density at radius 3 is 2.89 bits per heavy atom.